The lowest BCUT2D eigenvalue weighted by molar-refractivity contribution is 0.0584. The van der Waals surface area contributed by atoms with Gasteiger partial charge >= 0.3 is 0 Å². The van der Waals surface area contributed by atoms with E-state index in [0.717, 1.165) is 4.47 Å². The van der Waals surface area contributed by atoms with E-state index < -0.39 is 0 Å². The summed E-state index contributed by atoms with van der Waals surface area (Å²) in [6, 6.07) is 5.15. The van der Waals surface area contributed by atoms with Crippen LogP contribution in [0.15, 0.2) is 22.7 Å². The van der Waals surface area contributed by atoms with Crippen LogP contribution in [0.25, 0.3) is 0 Å². The Labute approximate surface area is 97.7 Å². The van der Waals surface area contributed by atoms with Crippen molar-refractivity contribution in [2.24, 2.45) is 0 Å². The molecule has 0 saturated carbocycles. The maximum absolute atomic E-state index is 11.7. The quantitative estimate of drug-likeness (QED) is 0.677. The smallest absolute Gasteiger partial charge is 0.189 e. The summed E-state index contributed by atoms with van der Waals surface area (Å²) in [5.41, 5.74) is 6.75. The predicted octanol–water partition coefficient (Wildman–Crippen LogP) is 2.64. The number of ketones is 1. The summed E-state index contributed by atoms with van der Waals surface area (Å²) in [5.74, 6) is -0.0668. The first kappa shape index (κ1) is 12.2. The summed E-state index contributed by atoms with van der Waals surface area (Å²) < 4.78 is 5.99. The number of ether oxygens (including phenoxy) is 1. The van der Waals surface area contributed by atoms with Gasteiger partial charge in [-0.2, -0.15) is 0 Å². The van der Waals surface area contributed by atoms with Gasteiger partial charge in [-0.3, -0.25) is 4.79 Å². The second-order valence-corrected chi connectivity index (χ2v) is 4.38. The highest BCUT2D eigenvalue weighted by molar-refractivity contribution is 9.10. The minimum atomic E-state index is -0.0668. The van der Waals surface area contributed by atoms with Crippen molar-refractivity contribution >= 4 is 27.4 Å². The van der Waals surface area contributed by atoms with Crippen LogP contribution >= 0.6 is 15.9 Å². The number of halogens is 1. The van der Waals surface area contributed by atoms with E-state index in [0.29, 0.717) is 11.3 Å². The lowest BCUT2D eigenvalue weighted by Gasteiger charge is -2.08. The predicted molar refractivity (Wildman–Crippen MR) is 64.0 cm³/mol. The molecule has 0 aliphatic rings. The van der Waals surface area contributed by atoms with Crippen molar-refractivity contribution in [3.05, 3.63) is 28.2 Å². The molecule has 0 bridgehead atoms. The molecule has 2 N–H and O–H groups in total. The molecule has 0 radical (unpaired) electrons. The summed E-state index contributed by atoms with van der Waals surface area (Å²) >= 11 is 3.31. The number of hydrogen-bond acceptors (Lipinski definition) is 3. The van der Waals surface area contributed by atoms with Crippen LogP contribution in [0, 0.1) is 0 Å². The molecule has 0 saturated heterocycles. The van der Waals surface area contributed by atoms with E-state index in [9.17, 15) is 4.79 Å². The Morgan fingerprint density at radius 2 is 2.20 bits per heavy atom. The van der Waals surface area contributed by atoms with Gasteiger partial charge in [0.25, 0.3) is 0 Å². The first-order valence-electron chi connectivity index (χ1n) is 4.70. The van der Waals surface area contributed by atoms with E-state index in [4.69, 9.17) is 10.5 Å². The largest absolute Gasteiger partial charge is 0.399 e. The molecule has 0 atom stereocenters. The van der Waals surface area contributed by atoms with Crippen LogP contribution in [0.2, 0.25) is 0 Å². The van der Waals surface area contributed by atoms with Crippen LogP contribution in [-0.4, -0.2) is 18.5 Å². The molecule has 1 rings (SSSR count). The lowest BCUT2D eigenvalue weighted by Crippen LogP contribution is -2.14. The molecular weight excluding hydrogens is 258 g/mol. The van der Waals surface area contributed by atoms with E-state index in [1.807, 2.05) is 13.8 Å². The zero-order valence-electron chi connectivity index (χ0n) is 8.79. The zero-order valence-corrected chi connectivity index (χ0v) is 10.4. The Morgan fingerprint density at radius 3 is 2.80 bits per heavy atom. The standard InChI is InChI=1S/C11H14BrNO2/c1-7(2)15-6-11(14)9-5-8(13)3-4-10(9)12/h3-5,7H,6,13H2,1-2H3. The maximum atomic E-state index is 11.7. The summed E-state index contributed by atoms with van der Waals surface area (Å²) in [4.78, 5) is 11.7. The molecule has 1 aromatic rings. The Hall–Kier alpha value is -0.870. The van der Waals surface area contributed by atoms with Gasteiger partial charge in [0.05, 0.1) is 6.10 Å². The van der Waals surface area contributed by atoms with Gasteiger partial charge in [-0.25, -0.2) is 0 Å². The summed E-state index contributed by atoms with van der Waals surface area (Å²) in [6.45, 7) is 3.86. The van der Waals surface area contributed by atoms with Crippen molar-refractivity contribution in [1.82, 2.24) is 0 Å². The Morgan fingerprint density at radius 1 is 1.53 bits per heavy atom. The van der Waals surface area contributed by atoms with Crippen molar-refractivity contribution in [2.45, 2.75) is 20.0 Å². The number of Topliss-reactive ketones (excluding diaryl/α,β-unsaturated/α-hetero) is 1. The number of nitrogens with two attached hydrogens (primary N) is 1. The fourth-order valence-electron chi connectivity index (χ4n) is 1.08. The molecule has 82 valence electrons. The molecular formula is C11H14BrNO2. The van der Waals surface area contributed by atoms with Gasteiger partial charge in [-0.05, 0) is 32.0 Å². The second kappa shape index (κ2) is 5.28. The monoisotopic (exact) mass is 271 g/mol. The second-order valence-electron chi connectivity index (χ2n) is 3.52. The fourth-order valence-corrected chi connectivity index (χ4v) is 1.54. The first-order chi connectivity index (χ1) is 7.00. The van der Waals surface area contributed by atoms with E-state index >= 15 is 0 Å². The molecule has 0 unspecified atom stereocenters. The average molecular weight is 272 g/mol. The van der Waals surface area contributed by atoms with Crippen LogP contribution in [0.4, 0.5) is 5.69 Å². The maximum Gasteiger partial charge on any atom is 0.189 e. The van der Waals surface area contributed by atoms with Crippen molar-refractivity contribution in [2.75, 3.05) is 12.3 Å². The van der Waals surface area contributed by atoms with Gasteiger partial charge in [0.1, 0.15) is 6.61 Å². The van der Waals surface area contributed by atoms with Gasteiger partial charge in [0, 0.05) is 15.7 Å². The average Bonchev–Trinajstić information content (AvgIpc) is 2.18. The molecule has 0 spiro atoms. The number of carbonyl (C=O) groups is 1. The van der Waals surface area contributed by atoms with Crippen molar-refractivity contribution in [3.8, 4) is 0 Å². The molecule has 0 heterocycles. The zero-order chi connectivity index (χ0) is 11.4. The van der Waals surface area contributed by atoms with Crippen LogP contribution < -0.4 is 5.73 Å². The highest BCUT2D eigenvalue weighted by Gasteiger charge is 2.11. The number of benzene rings is 1. The van der Waals surface area contributed by atoms with Gasteiger partial charge in [-0.1, -0.05) is 15.9 Å². The summed E-state index contributed by atoms with van der Waals surface area (Å²) in [6.07, 6.45) is 0.0498. The van der Waals surface area contributed by atoms with Crippen molar-refractivity contribution in [3.63, 3.8) is 0 Å². The van der Waals surface area contributed by atoms with E-state index in [1.165, 1.54) is 0 Å². The van der Waals surface area contributed by atoms with Crippen LogP contribution in [0.3, 0.4) is 0 Å². The topological polar surface area (TPSA) is 52.3 Å². The fraction of sp³-hybridized carbons (Fsp3) is 0.364. The molecule has 0 fully saturated rings. The molecule has 0 aliphatic carbocycles. The number of hydrogen-bond donors (Lipinski definition) is 1. The van der Waals surface area contributed by atoms with E-state index in [-0.39, 0.29) is 18.5 Å². The minimum Gasteiger partial charge on any atom is -0.399 e. The molecule has 0 aromatic heterocycles. The van der Waals surface area contributed by atoms with E-state index in [1.54, 1.807) is 18.2 Å². The Kier molecular flexibility index (Phi) is 4.29. The van der Waals surface area contributed by atoms with Crippen molar-refractivity contribution in [1.29, 1.82) is 0 Å². The van der Waals surface area contributed by atoms with E-state index in [2.05, 4.69) is 15.9 Å². The van der Waals surface area contributed by atoms with Crippen molar-refractivity contribution < 1.29 is 9.53 Å². The summed E-state index contributed by atoms with van der Waals surface area (Å²) in [7, 11) is 0. The molecule has 1 aromatic carbocycles. The number of rotatable bonds is 4. The first-order valence-corrected chi connectivity index (χ1v) is 5.50. The van der Waals surface area contributed by atoms with Gasteiger partial charge in [0.15, 0.2) is 5.78 Å². The molecule has 3 nitrogen and oxygen atoms in total. The third-order valence-electron chi connectivity index (χ3n) is 1.84. The third kappa shape index (κ3) is 3.64. The van der Waals surface area contributed by atoms with Crippen LogP contribution in [-0.2, 0) is 4.74 Å². The summed E-state index contributed by atoms with van der Waals surface area (Å²) in [5, 5.41) is 0. The van der Waals surface area contributed by atoms with Crippen LogP contribution in [0.1, 0.15) is 24.2 Å². The molecule has 4 heteroatoms. The molecule has 0 amide bonds. The molecule has 0 aliphatic heterocycles. The highest BCUT2D eigenvalue weighted by Crippen LogP contribution is 2.20. The highest BCUT2D eigenvalue weighted by atomic mass is 79.9. The third-order valence-corrected chi connectivity index (χ3v) is 2.53. The van der Waals surface area contributed by atoms with Gasteiger partial charge in [-0.15, -0.1) is 0 Å². The van der Waals surface area contributed by atoms with Crippen LogP contribution in [0.5, 0.6) is 0 Å². The Balaban J connectivity index is 2.77. The van der Waals surface area contributed by atoms with Gasteiger partial charge < -0.3 is 10.5 Å². The number of nitrogen functional groups attached to an aromatic ring is 1. The number of carbonyl (C=O) groups excluding carboxylic acids is 1. The molecule has 15 heavy (non-hydrogen) atoms. The Bertz CT molecular complexity index is 364. The SMILES string of the molecule is CC(C)OCC(=O)c1cc(N)ccc1Br. The minimum absolute atomic E-state index is 0.0498. The van der Waals surface area contributed by atoms with Gasteiger partial charge in [0.2, 0.25) is 0 Å². The lowest BCUT2D eigenvalue weighted by atomic mass is 10.1. The number of anilines is 1. The normalized spacial score (nSPS) is 10.7.